The molecule has 1 aliphatic carbocycles. The molecule has 7 nitrogen and oxygen atoms in total. The summed E-state index contributed by atoms with van der Waals surface area (Å²) in [6.45, 7) is 5.35. The predicted octanol–water partition coefficient (Wildman–Crippen LogP) is 3.23. The lowest BCUT2D eigenvalue weighted by atomic mass is 10.2. The number of nitrogens with one attached hydrogen (secondary N) is 2. The van der Waals surface area contributed by atoms with Crippen molar-refractivity contribution in [2.45, 2.75) is 68.9 Å². The zero-order valence-corrected chi connectivity index (χ0v) is 17.2. The Morgan fingerprint density at radius 2 is 1.86 bits per heavy atom. The predicted molar refractivity (Wildman–Crippen MR) is 111 cm³/mol. The monoisotopic (exact) mass is 402 g/mol. The van der Waals surface area contributed by atoms with Gasteiger partial charge < -0.3 is 5.32 Å². The Balaban J connectivity index is 1.89. The maximum Gasteiger partial charge on any atom is 0.321 e. The van der Waals surface area contributed by atoms with Gasteiger partial charge in [-0.1, -0.05) is 36.7 Å². The Bertz CT molecular complexity index is 935. The van der Waals surface area contributed by atoms with Crippen LogP contribution in [0.4, 0.5) is 4.79 Å². The fourth-order valence-corrected chi connectivity index (χ4v) is 4.40. The standard InChI is InChI=1S/C20H26N4O3S/c1-12(2)21-19(27)23-17(25)13(3)28-20-22-16-11-7-6-10-15(16)18(26)24(20)14-8-4-5-9-14/h6-7,10-14H,4-5,8-9H2,1-3H3,(H2,21,23,25,27)/t13-/m0/s1. The number of para-hydroxylation sites is 1. The van der Waals surface area contributed by atoms with Crippen molar-refractivity contribution in [3.8, 4) is 0 Å². The first-order valence-electron chi connectivity index (χ1n) is 9.66. The van der Waals surface area contributed by atoms with E-state index < -0.39 is 17.2 Å². The van der Waals surface area contributed by atoms with Crippen molar-refractivity contribution in [3.63, 3.8) is 0 Å². The molecule has 0 spiro atoms. The van der Waals surface area contributed by atoms with E-state index in [0.717, 1.165) is 25.7 Å². The highest BCUT2D eigenvalue weighted by atomic mass is 32.2. The molecule has 3 amide bonds. The van der Waals surface area contributed by atoms with Gasteiger partial charge in [-0.25, -0.2) is 9.78 Å². The van der Waals surface area contributed by atoms with Gasteiger partial charge >= 0.3 is 6.03 Å². The summed E-state index contributed by atoms with van der Waals surface area (Å²) in [5.41, 5.74) is 0.555. The molecule has 1 aromatic carbocycles. The van der Waals surface area contributed by atoms with Crippen LogP contribution in [0, 0.1) is 0 Å². The van der Waals surface area contributed by atoms with E-state index in [-0.39, 0.29) is 17.6 Å². The van der Waals surface area contributed by atoms with Gasteiger partial charge in [-0.3, -0.25) is 19.5 Å². The third-order valence-electron chi connectivity index (χ3n) is 4.77. The lowest BCUT2D eigenvalue weighted by Crippen LogP contribution is -2.45. The molecule has 0 radical (unpaired) electrons. The first-order chi connectivity index (χ1) is 13.4. The summed E-state index contributed by atoms with van der Waals surface area (Å²) in [6.07, 6.45) is 4.04. The Kier molecular flexibility index (Phi) is 6.39. The van der Waals surface area contributed by atoms with E-state index >= 15 is 0 Å². The molecule has 150 valence electrons. The van der Waals surface area contributed by atoms with Crippen LogP contribution in [0.25, 0.3) is 10.9 Å². The van der Waals surface area contributed by atoms with Crippen molar-refractivity contribution in [1.82, 2.24) is 20.2 Å². The number of imide groups is 1. The summed E-state index contributed by atoms with van der Waals surface area (Å²) in [5, 5.41) is 5.53. The maximum absolute atomic E-state index is 13.1. The molecule has 2 aromatic rings. The average molecular weight is 403 g/mol. The van der Waals surface area contributed by atoms with Crippen LogP contribution in [0.5, 0.6) is 0 Å². The zero-order chi connectivity index (χ0) is 20.3. The molecule has 3 rings (SSSR count). The van der Waals surface area contributed by atoms with E-state index in [1.165, 1.54) is 11.8 Å². The van der Waals surface area contributed by atoms with Crippen molar-refractivity contribution in [3.05, 3.63) is 34.6 Å². The van der Waals surface area contributed by atoms with Crippen LogP contribution >= 0.6 is 11.8 Å². The summed E-state index contributed by atoms with van der Waals surface area (Å²) < 4.78 is 1.75. The molecule has 8 heteroatoms. The largest absolute Gasteiger partial charge is 0.336 e. The molecular formula is C20H26N4O3S. The zero-order valence-electron chi connectivity index (χ0n) is 16.4. The van der Waals surface area contributed by atoms with Gasteiger partial charge in [-0.15, -0.1) is 0 Å². The van der Waals surface area contributed by atoms with Gasteiger partial charge in [0.05, 0.1) is 16.2 Å². The SMILES string of the molecule is CC(C)NC(=O)NC(=O)[C@H](C)Sc1nc2ccccc2c(=O)n1C1CCCC1. The Labute approximate surface area is 168 Å². The number of amides is 3. The number of carbonyl (C=O) groups excluding carboxylic acids is 2. The molecule has 1 fully saturated rings. The quantitative estimate of drug-likeness (QED) is 0.592. The topological polar surface area (TPSA) is 93.1 Å². The second-order valence-electron chi connectivity index (χ2n) is 7.40. The average Bonchev–Trinajstić information content (AvgIpc) is 3.15. The molecule has 2 N–H and O–H groups in total. The molecule has 1 atom stereocenters. The van der Waals surface area contributed by atoms with E-state index in [4.69, 9.17) is 0 Å². The molecule has 1 aromatic heterocycles. The molecule has 1 aliphatic rings. The number of fused-ring (bicyclic) bond motifs is 1. The molecule has 0 unspecified atom stereocenters. The minimum Gasteiger partial charge on any atom is -0.336 e. The number of nitrogens with zero attached hydrogens (tertiary/aromatic N) is 2. The number of urea groups is 1. The van der Waals surface area contributed by atoms with Crippen molar-refractivity contribution in [2.75, 3.05) is 0 Å². The number of benzene rings is 1. The van der Waals surface area contributed by atoms with Crippen molar-refractivity contribution < 1.29 is 9.59 Å². The van der Waals surface area contributed by atoms with Crippen LogP contribution in [0.3, 0.4) is 0 Å². The van der Waals surface area contributed by atoms with Crippen LogP contribution in [0.15, 0.2) is 34.2 Å². The van der Waals surface area contributed by atoms with E-state index in [9.17, 15) is 14.4 Å². The third kappa shape index (κ3) is 4.55. The highest BCUT2D eigenvalue weighted by molar-refractivity contribution is 8.00. The Morgan fingerprint density at radius 3 is 2.54 bits per heavy atom. The molecule has 1 saturated carbocycles. The van der Waals surface area contributed by atoms with Crippen LogP contribution in [0.2, 0.25) is 0 Å². The van der Waals surface area contributed by atoms with Gasteiger partial charge in [0.25, 0.3) is 5.56 Å². The van der Waals surface area contributed by atoms with Crippen LogP contribution in [0.1, 0.15) is 52.5 Å². The smallest absolute Gasteiger partial charge is 0.321 e. The molecule has 0 bridgehead atoms. The summed E-state index contributed by atoms with van der Waals surface area (Å²) in [4.78, 5) is 42.0. The normalized spacial score (nSPS) is 15.7. The van der Waals surface area contributed by atoms with Gasteiger partial charge in [0, 0.05) is 12.1 Å². The molecule has 0 aliphatic heterocycles. The first kappa shape index (κ1) is 20.4. The molecule has 1 heterocycles. The van der Waals surface area contributed by atoms with Crippen LogP contribution in [-0.4, -0.2) is 32.8 Å². The molecule has 0 saturated heterocycles. The van der Waals surface area contributed by atoms with E-state index in [1.54, 1.807) is 23.6 Å². The third-order valence-corrected chi connectivity index (χ3v) is 5.84. The number of hydrogen-bond acceptors (Lipinski definition) is 5. The Hall–Kier alpha value is -2.35. The van der Waals surface area contributed by atoms with Gasteiger partial charge in [-0.05, 0) is 45.7 Å². The summed E-state index contributed by atoms with van der Waals surface area (Å²) in [7, 11) is 0. The number of aromatic nitrogens is 2. The van der Waals surface area contributed by atoms with Gasteiger partial charge in [0.15, 0.2) is 5.16 Å². The summed E-state index contributed by atoms with van der Waals surface area (Å²) in [5.74, 6) is -0.413. The molecular weight excluding hydrogens is 376 g/mol. The van der Waals surface area contributed by atoms with E-state index in [2.05, 4.69) is 15.6 Å². The van der Waals surface area contributed by atoms with Crippen molar-refractivity contribution in [2.24, 2.45) is 0 Å². The fourth-order valence-electron chi connectivity index (χ4n) is 3.42. The van der Waals surface area contributed by atoms with Crippen molar-refractivity contribution >= 4 is 34.6 Å². The highest BCUT2D eigenvalue weighted by Gasteiger charge is 2.26. The Morgan fingerprint density at radius 1 is 1.18 bits per heavy atom. The van der Waals surface area contributed by atoms with E-state index in [0.29, 0.717) is 16.1 Å². The number of hydrogen-bond donors (Lipinski definition) is 2. The van der Waals surface area contributed by atoms with Crippen LogP contribution < -0.4 is 16.2 Å². The molecule has 28 heavy (non-hydrogen) atoms. The summed E-state index contributed by atoms with van der Waals surface area (Å²) in [6, 6.07) is 6.79. The maximum atomic E-state index is 13.1. The lowest BCUT2D eigenvalue weighted by Gasteiger charge is -2.20. The van der Waals surface area contributed by atoms with Gasteiger partial charge in [-0.2, -0.15) is 0 Å². The lowest BCUT2D eigenvalue weighted by molar-refractivity contribution is -0.119. The van der Waals surface area contributed by atoms with Crippen LogP contribution in [-0.2, 0) is 4.79 Å². The number of carbonyl (C=O) groups is 2. The van der Waals surface area contributed by atoms with Gasteiger partial charge in [0.2, 0.25) is 5.91 Å². The van der Waals surface area contributed by atoms with Gasteiger partial charge in [0.1, 0.15) is 0 Å². The summed E-state index contributed by atoms with van der Waals surface area (Å²) >= 11 is 1.21. The van der Waals surface area contributed by atoms with Crippen molar-refractivity contribution in [1.29, 1.82) is 0 Å². The minimum atomic E-state index is -0.571. The number of rotatable bonds is 5. The number of thioether (sulfide) groups is 1. The van der Waals surface area contributed by atoms with E-state index in [1.807, 2.05) is 26.0 Å². The first-order valence-corrected chi connectivity index (χ1v) is 10.5. The fraction of sp³-hybridized carbons (Fsp3) is 0.500. The highest BCUT2D eigenvalue weighted by Crippen LogP contribution is 2.33. The second kappa shape index (κ2) is 8.77. The minimum absolute atomic E-state index is 0.0644. The second-order valence-corrected chi connectivity index (χ2v) is 8.71.